The first-order chi connectivity index (χ1) is 13.7. The summed E-state index contributed by atoms with van der Waals surface area (Å²) in [6, 6.07) is 24.0. The smallest absolute Gasteiger partial charge is 0.264 e. The van der Waals surface area contributed by atoms with Crippen molar-refractivity contribution in [3.63, 3.8) is 0 Å². The standard InChI is InChI=1S/C23H18N2O2S/c26-28(27,18-9-2-1-3-10-18)25-15-14-17-8-4-5-11-19(17)23(25)21-16-24-22-13-7-6-12-20(21)22/h1-16,23-24H/t23-/m1/s1. The molecule has 0 saturated heterocycles. The normalized spacial score (nSPS) is 16.3. The first kappa shape index (κ1) is 16.8. The Labute approximate surface area is 163 Å². The molecule has 0 amide bonds. The molecule has 5 heteroatoms. The van der Waals surface area contributed by atoms with Gasteiger partial charge < -0.3 is 4.98 Å². The number of hydrogen-bond acceptors (Lipinski definition) is 2. The minimum Gasteiger partial charge on any atom is -0.361 e. The van der Waals surface area contributed by atoms with Crippen molar-refractivity contribution in [1.29, 1.82) is 0 Å². The zero-order chi connectivity index (χ0) is 19.1. The van der Waals surface area contributed by atoms with Crippen molar-refractivity contribution in [1.82, 2.24) is 9.29 Å². The number of rotatable bonds is 3. The molecule has 1 aromatic heterocycles. The number of aromatic amines is 1. The molecule has 0 fully saturated rings. The van der Waals surface area contributed by atoms with Crippen LogP contribution >= 0.6 is 0 Å². The number of benzene rings is 3. The van der Waals surface area contributed by atoms with Crippen LogP contribution in [0, 0.1) is 0 Å². The molecule has 1 aliphatic rings. The van der Waals surface area contributed by atoms with Gasteiger partial charge in [-0.15, -0.1) is 0 Å². The molecule has 4 aromatic rings. The molecule has 0 bridgehead atoms. The summed E-state index contributed by atoms with van der Waals surface area (Å²) < 4.78 is 28.5. The highest BCUT2D eigenvalue weighted by Crippen LogP contribution is 2.41. The van der Waals surface area contributed by atoms with Crippen LogP contribution in [0.3, 0.4) is 0 Å². The van der Waals surface area contributed by atoms with Gasteiger partial charge in [0.1, 0.15) is 0 Å². The summed E-state index contributed by atoms with van der Waals surface area (Å²) in [5, 5.41) is 1.02. The maximum absolute atomic E-state index is 13.5. The Morgan fingerprint density at radius 1 is 0.786 bits per heavy atom. The van der Waals surface area contributed by atoms with E-state index in [9.17, 15) is 8.42 Å². The third-order valence-electron chi connectivity index (χ3n) is 5.18. The zero-order valence-corrected chi connectivity index (χ0v) is 15.8. The van der Waals surface area contributed by atoms with Gasteiger partial charge in [-0.3, -0.25) is 4.31 Å². The second-order valence-corrected chi connectivity index (χ2v) is 8.63. The van der Waals surface area contributed by atoms with Crippen LogP contribution < -0.4 is 0 Å². The van der Waals surface area contributed by atoms with Gasteiger partial charge in [0.15, 0.2) is 0 Å². The summed E-state index contributed by atoms with van der Waals surface area (Å²) >= 11 is 0. The number of aromatic nitrogens is 1. The molecular formula is C23H18N2O2S. The fraction of sp³-hybridized carbons (Fsp3) is 0.0435. The third kappa shape index (κ3) is 2.55. The van der Waals surface area contributed by atoms with Crippen molar-refractivity contribution in [3.05, 3.63) is 108 Å². The first-order valence-corrected chi connectivity index (χ1v) is 10.5. The molecule has 28 heavy (non-hydrogen) atoms. The molecule has 0 radical (unpaired) electrons. The lowest BCUT2D eigenvalue weighted by Crippen LogP contribution is -2.33. The highest BCUT2D eigenvalue weighted by Gasteiger charge is 2.35. The Morgan fingerprint density at radius 2 is 1.50 bits per heavy atom. The van der Waals surface area contributed by atoms with Crippen molar-refractivity contribution in [3.8, 4) is 0 Å². The fourth-order valence-electron chi connectivity index (χ4n) is 3.85. The summed E-state index contributed by atoms with van der Waals surface area (Å²) in [5.74, 6) is 0. The van der Waals surface area contributed by atoms with E-state index in [0.29, 0.717) is 0 Å². The molecule has 3 aromatic carbocycles. The quantitative estimate of drug-likeness (QED) is 0.543. The van der Waals surface area contributed by atoms with Crippen molar-refractivity contribution in [2.24, 2.45) is 0 Å². The van der Waals surface area contributed by atoms with Gasteiger partial charge >= 0.3 is 0 Å². The number of fused-ring (bicyclic) bond motifs is 2. The predicted octanol–water partition coefficient (Wildman–Crippen LogP) is 4.93. The number of hydrogen-bond donors (Lipinski definition) is 1. The van der Waals surface area contributed by atoms with Gasteiger partial charge in [0.25, 0.3) is 10.0 Å². The molecule has 4 nitrogen and oxygen atoms in total. The lowest BCUT2D eigenvalue weighted by molar-refractivity contribution is 0.448. The number of sulfonamides is 1. The van der Waals surface area contributed by atoms with Gasteiger partial charge in [-0.1, -0.05) is 60.7 Å². The van der Waals surface area contributed by atoms with Gasteiger partial charge in [-0.25, -0.2) is 8.42 Å². The average molecular weight is 386 g/mol. The highest BCUT2D eigenvalue weighted by atomic mass is 32.2. The minimum atomic E-state index is -3.72. The van der Waals surface area contributed by atoms with E-state index in [0.717, 1.165) is 27.6 Å². The second-order valence-electron chi connectivity index (χ2n) is 6.78. The monoisotopic (exact) mass is 386 g/mol. The molecule has 1 aliphatic heterocycles. The predicted molar refractivity (Wildman–Crippen MR) is 111 cm³/mol. The molecular weight excluding hydrogens is 368 g/mol. The van der Waals surface area contributed by atoms with E-state index in [2.05, 4.69) is 4.98 Å². The lowest BCUT2D eigenvalue weighted by atomic mass is 9.92. The summed E-state index contributed by atoms with van der Waals surface area (Å²) in [5.41, 5.74) is 3.92. The molecule has 0 spiro atoms. The molecule has 2 heterocycles. The SMILES string of the molecule is O=S(=O)(c1ccccc1)N1C=Cc2ccccc2[C@@H]1c1c[nH]c2ccccc12. The third-order valence-corrected chi connectivity index (χ3v) is 6.94. The van der Waals surface area contributed by atoms with Crippen molar-refractivity contribution >= 4 is 27.0 Å². The Morgan fingerprint density at radius 3 is 2.36 bits per heavy atom. The largest absolute Gasteiger partial charge is 0.361 e. The van der Waals surface area contributed by atoms with Gasteiger partial charge in [-0.2, -0.15) is 0 Å². The van der Waals surface area contributed by atoms with Crippen LogP contribution in [0.4, 0.5) is 0 Å². The second kappa shape index (κ2) is 6.39. The molecule has 0 aliphatic carbocycles. The Bertz CT molecular complexity index is 1290. The number of nitrogens with one attached hydrogen (secondary N) is 1. The first-order valence-electron chi connectivity index (χ1n) is 9.08. The fourth-order valence-corrected chi connectivity index (χ4v) is 5.32. The van der Waals surface area contributed by atoms with Crippen LogP contribution in [0.2, 0.25) is 0 Å². The van der Waals surface area contributed by atoms with Gasteiger partial charge in [0.05, 0.1) is 10.9 Å². The molecule has 0 saturated carbocycles. The van der Waals surface area contributed by atoms with Crippen LogP contribution in [0.15, 0.2) is 96.2 Å². The number of para-hydroxylation sites is 1. The Kier molecular flexibility index (Phi) is 3.84. The maximum atomic E-state index is 13.5. The topological polar surface area (TPSA) is 53.2 Å². The maximum Gasteiger partial charge on any atom is 0.264 e. The van der Waals surface area contributed by atoms with E-state index >= 15 is 0 Å². The summed E-state index contributed by atoms with van der Waals surface area (Å²) in [7, 11) is -3.72. The van der Waals surface area contributed by atoms with E-state index in [1.165, 1.54) is 4.31 Å². The summed E-state index contributed by atoms with van der Waals surface area (Å²) in [4.78, 5) is 3.56. The zero-order valence-electron chi connectivity index (χ0n) is 15.0. The van der Waals surface area contributed by atoms with Crippen molar-refractivity contribution in [2.45, 2.75) is 10.9 Å². The summed E-state index contributed by atoms with van der Waals surface area (Å²) in [6.45, 7) is 0. The summed E-state index contributed by atoms with van der Waals surface area (Å²) in [6.07, 6.45) is 5.46. The Balaban J connectivity index is 1.75. The van der Waals surface area contributed by atoms with Crippen LogP contribution in [-0.2, 0) is 10.0 Å². The molecule has 1 atom stereocenters. The molecule has 0 unspecified atom stereocenters. The van der Waals surface area contributed by atoms with Crippen LogP contribution in [0.5, 0.6) is 0 Å². The van der Waals surface area contributed by atoms with Gasteiger partial charge in [0, 0.05) is 28.9 Å². The van der Waals surface area contributed by atoms with Crippen molar-refractivity contribution in [2.75, 3.05) is 0 Å². The van der Waals surface area contributed by atoms with E-state index < -0.39 is 16.1 Å². The van der Waals surface area contributed by atoms with Crippen LogP contribution in [0.1, 0.15) is 22.7 Å². The lowest BCUT2D eigenvalue weighted by Gasteiger charge is -2.34. The minimum absolute atomic E-state index is 0.281. The van der Waals surface area contributed by atoms with Crippen molar-refractivity contribution < 1.29 is 8.42 Å². The van der Waals surface area contributed by atoms with E-state index in [-0.39, 0.29) is 4.90 Å². The average Bonchev–Trinajstić information content (AvgIpc) is 3.17. The molecule has 1 N–H and O–H groups in total. The Hall–Kier alpha value is -3.31. The number of H-pyrrole nitrogens is 1. The molecule has 5 rings (SSSR count). The van der Waals surface area contributed by atoms with E-state index in [1.54, 1.807) is 30.5 Å². The molecule has 138 valence electrons. The van der Waals surface area contributed by atoms with Crippen LogP contribution in [-0.4, -0.2) is 17.7 Å². The van der Waals surface area contributed by atoms with E-state index in [4.69, 9.17) is 0 Å². The van der Waals surface area contributed by atoms with Gasteiger partial charge in [-0.05, 0) is 35.4 Å². The highest BCUT2D eigenvalue weighted by molar-refractivity contribution is 7.89. The number of nitrogens with zero attached hydrogens (tertiary/aromatic N) is 1. The van der Waals surface area contributed by atoms with E-state index in [1.807, 2.05) is 66.9 Å². The van der Waals surface area contributed by atoms with Crippen LogP contribution in [0.25, 0.3) is 17.0 Å². The van der Waals surface area contributed by atoms with Gasteiger partial charge in [0.2, 0.25) is 0 Å².